The second-order valence-electron chi connectivity index (χ2n) is 4.49. The summed E-state index contributed by atoms with van der Waals surface area (Å²) in [4.78, 5) is 2.40. The van der Waals surface area contributed by atoms with E-state index in [0.717, 1.165) is 52.4 Å². The maximum atomic E-state index is 5.13. The van der Waals surface area contributed by atoms with Crippen LogP contribution in [0, 0.1) is 0 Å². The smallest absolute Gasteiger partial charge is 0.0613 e. The van der Waals surface area contributed by atoms with Crippen LogP contribution in [0.15, 0.2) is 0 Å². The van der Waals surface area contributed by atoms with E-state index in [9.17, 15) is 0 Å². The summed E-state index contributed by atoms with van der Waals surface area (Å²) >= 11 is 0. The maximum absolute atomic E-state index is 5.13. The van der Waals surface area contributed by atoms with Gasteiger partial charge in [0.15, 0.2) is 0 Å². The van der Waals surface area contributed by atoms with Gasteiger partial charge in [0, 0.05) is 60.2 Å². The number of methoxy groups -OCH3 is 3. The molecule has 18 heavy (non-hydrogen) atoms. The monoisotopic (exact) mass is 262 g/mol. The van der Waals surface area contributed by atoms with Gasteiger partial charge in [0.05, 0.1) is 13.2 Å². The highest BCUT2D eigenvalue weighted by Gasteiger charge is 2.05. The summed E-state index contributed by atoms with van der Waals surface area (Å²) in [5.41, 5.74) is 0. The Morgan fingerprint density at radius 1 is 0.944 bits per heavy atom. The molecule has 1 N–H and O–H groups in total. The summed E-state index contributed by atoms with van der Waals surface area (Å²) in [5.74, 6) is 0. The molecule has 0 radical (unpaired) electrons. The molecule has 0 spiro atoms. The Balaban J connectivity index is 3.70. The van der Waals surface area contributed by atoms with Gasteiger partial charge in [-0.15, -0.1) is 0 Å². The molecule has 0 heterocycles. The van der Waals surface area contributed by atoms with Crippen molar-refractivity contribution in [3.05, 3.63) is 0 Å². The second kappa shape index (κ2) is 13.2. The number of nitrogens with zero attached hydrogens (tertiary/aromatic N) is 1. The number of nitrogens with one attached hydrogen (secondary N) is 1. The summed E-state index contributed by atoms with van der Waals surface area (Å²) in [6.07, 6.45) is 1.06. The van der Waals surface area contributed by atoms with Gasteiger partial charge in [-0.1, -0.05) is 0 Å². The van der Waals surface area contributed by atoms with Crippen molar-refractivity contribution in [3.8, 4) is 0 Å². The zero-order valence-corrected chi connectivity index (χ0v) is 12.4. The molecular formula is C13H30N2O3. The number of rotatable bonds is 13. The van der Waals surface area contributed by atoms with Crippen LogP contribution in [-0.2, 0) is 14.2 Å². The van der Waals surface area contributed by atoms with Gasteiger partial charge in [-0.3, -0.25) is 4.90 Å². The Morgan fingerprint density at radius 3 is 2.28 bits per heavy atom. The lowest BCUT2D eigenvalue weighted by Gasteiger charge is -2.23. The second-order valence-corrected chi connectivity index (χ2v) is 4.49. The van der Waals surface area contributed by atoms with Crippen LogP contribution in [0.5, 0.6) is 0 Å². The van der Waals surface area contributed by atoms with E-state index < -0.39 is 0 Å². The molecule has 5 heteroatoms. The molecule has 1 atom stereocenters. The van der Waals surface area contributed by atoms with Crippen molar-refractivity contribution in [2.45, 2.75) is 19.4 Å². The van der Waals surface area contributed by atoms with Crippen molar-refractivity contribution in [2.24, 2.45) is 0 Å². The van der Waals surface area contributed by atoms with Crippen molar-refractivity contribution in [1.29, 1.82) is 0 Å². The van der Waals surface area contributed by atoms with Crippen LogP contribution in [0.2, 0.25) is 0 Å². The Hall–Kier alpha value is -0.200. The first-order valence-electron chi connectivity index (χ1n) is 6.67. The molecule has 0 aliphatic rings. The minimum absolute atomic E-state index is 0.401. The molecule has 0 amide bonds. The van der Waals surface area contributed by atoms with E-state index in [-0.39, 0.29) is 0 Å². The van der Waals surface area contributed by atoms with Gasteiger partial charge in [0.25, 0.3) is 0 Å². The third-order valence-electron chi connectivity index (χ3n) is 2.77. The molecule has 0 bridgehead atoms. The largest absolute Gasteiger partial charge is 0.385 e. The summed E-state index contributed by atoms with van der Waals surface area (Å²) in [7, 11) is 5.22. The molecule has 0 aliphatic carbocycles. The van der Waals surface area contributed by atoms with Crippen LogP contribution in [0.25, 0.3) is 0 Å². The molecule has 1 unspecified atom stereocenters. The molecular weight excluding hydrogens is 232 g/mol. The number of hydrogen-bond donors (Lipinski definition) is 1. The van der Waals surface area contributed by atoms with Crippen molar-refractivity contribution < 1.29 is 14.2 Å². The van der Waals surface area contributed by atoms with Crippen molar-refractivity contribution >= 4 is 0 Å². The standard InChI is InChI=1S/C13H30N2O3/c1-13(12-18-4)14-6-8-15(9-11-17-3)7-5-10-16-2/h13-14H,5-12H2,1-4H3. The number of ether oxygens (including phenoxy) is 3. The fourth-order valence-corrected chi connectivity index (χ4v) is 1.77. The lowest BCUT2D eigenvalue weighted by molar-refractivity contribution is 0.130. The Morgan fingerprint density at radius 2 is 1.67 bits per heavy atom. The molecule has 0 aromatic carbocycles. The van der Waals surface area contributed by atoms with Gasteiger partial charge in [-0.2, -0.15) is 0 Å². The summed E-state index contributed by atoms with van der Waals surface area (Å²) in [6.45, 7) is 8.51. The topological polar surface area (TPSA) is 43.0 Å². The number of hydrogen-bond acceptors (Lipinski definition) is 5. The first kappa shape index (κ1) is 17.8. The Kier molecular flexibility index (Phi) is 13.1. The van der Waals surface area contributed by atoms with Crippen molar-refractivity contribution in [3.63, 3.8) is 0 Å². The first-order chi connectivity index (χ1) is 8.74. The summed E-state index contributed by atoms with van der Waals surface area (Å²) < 4.78 is 15.3. The molecule has 0 saturated heterocycles. The van der Waals surface area contributed by atoms with Crippen molar-refractivity contribution in [1.82, 2.24) is 10.2 Å². The average molecular weight is 262 g/mol. The fourth-order valence-electron chi connectivity index (χ4n) is 1.77. The quantitative estimate of drug-likeness (QED) is 0.492. The maximum Gasteiger partial charge on any atom is 0.0613 e. The normalized spacial score (nSPS) is 13.2. The van der Waals surface area contributed by atoms with E-state index in [4.69, 9.17) is 14.2 Å². The average Bonchev–Trinajstić information content (AvgIpc) is 2.36. The predicted octanol–water partition coefficient (Wildman–Crippen LogP) is 0.596. The van der Waals surface area contributed by atoms with E-state index in [1.807, 2.05) is 0 Å². The SMILES string of the molecule is COCCCN(CCNC(C)COC)CCOC. The van der Waals surface area contributed by atoms with E-state index in [1.165, 1.54) is 0 Å². The minimum atomic E-state index is 0.401. The first-order valence-corrected chi connectivity index (χ1v) is 6.67. The van der Waals surface area contributed by atoms with Crippen molar-refractivity contribution in [2.75, 3.05) is 67.3 Å². The summed E-state index contributed by atoms with van der Waals surface area (Å²) in [5, 5.41) is 3.44. The van der Waals surface area contributed by atoms with Crippen LogP contribution in [0.1, 0.15) is 13.3 Å². The van der Waals surface area contributed by atoms with E-state index in [0.29, 0.717) is 6.04 Å². The molecule has 0 fully saturated rings. The van der Waals surface area contributed by atoms with Gasteiger partial charge in [0.1, 0.15) is 0 Å². The molecule has 5 nitrogen and oxygen atoms in total. The van der Waals surface area contributed by atoms with Crippen LogP contribution in [0.4, 0.5) is 0 Å². The zero-order chi connectivity index (χ0) is 13.6. The molecule has 0 aromatic heterocycles. The van der Waals surface area contributed by atoms with Crippen LogP contribution in [0.3, 0.4) is 0 Å². The van der Waals surface area contributed by atoms with Gasteiger partial charge in [0.2, 0.25) is 0 Å². The summed E-state index contributed by atoms with van der Waals surface area (Å²) in [6, 6.07) is 0.401. The highest BCUT2D eigenvalue weighted by Crippen LogP contribution is 1.93. The molecule has 0 saturated carbocycles. The lowest BCUT2D eigenvalue weighted by Crippen LogP contribution is -2.39. The van der Waals surface area contributed by atoms with Crippen LogP contribution in [-0.4, -0.2) is 78.3 Å². The predicted molar refractivity (Wildman–Crippen MR) is 74.1 cm³/mol. The zero-order valence-electron chi connectivity index (χ0n) is 12.4. The van der Waals surface area contributed by atoms with Gasteiger partial charge < -0.3 is 19.5 Å². The van der Waals surface area contributed by atoms with E-state index >= 15 is 0 Å². The lowest BCUT2D eigenvalue weighted by atomic mass is 10.3. The highest BCUT2D eigenvalue weighted by atomic mass is 16.5. The van der Waals surface area contributed by atoms with E-state index in [1.54, 1.807) is 21.3 Å². The van der Waals surface area contributed by atoms with Gasteiger partial charge >= 0.3 is 0 Å². The van der Waals surface area contributed by atoms with Gasteiger partial charge in [-0.25, -0.2) is 0 Å². The minimum Gasteiger partial charge on any atom is -0.385 e. The third-order valence-corrected chi connectivity index (χ3v) is 2.77. The highest BCUT2D eigenvalue weighted by molar-refractivity contribution is 4.64. The Bertz CT molecular complexity index is 170. The van der Waals surface area contributed by atoms with Gasteiger partial charge in [-0.05, 0) is 13.3 Å². The molecule has 0 aromatic rings. The fraction of sp³-hybridized carbons (Fsp3) is 1.00. The van der Waals surface area contributed by atoms with Crippen LogP contribution < -0.4 is 5.32 Å². The van der Waals surface area contributed by atoms with Crippen LogP contribution >= 0.6 is 0 Å². The molecule has 0 rings (SSSR count). The third kappa shape index (κ3) is 10.9. The molecule has 0 aliphatic heterocycles. The Labute approximate surface area is 112 Å². The molecule has 110 valence electrons. The van der Waals surface area contributed by atoms with E-state index in [2.05, 4.69) is 17.1 Å².